The van der Waals surface area contributed by atoms with Crippen LogP contribution in [0, 0.1) is 11.6 Å². The van der Waals surface area contributed by atoms with Gasteiger partial charge in [0.05, 0.1) is 6.04 Å². The van der Waals surface area contributed by atoms with Crippen molar-refractivity contribution in [2.75, 3.05) is 26.2 Å². The van der Waals surface area contributed by atoms with Crippen molar-refractivity contribution in [2.24, 2.45) is 0 Å². The van der Waals surface area contributed by atoms with E-state index in [-0.39, 0.29) is 23.6 Å². The first kappa shape index (κ1) is 24.2. The molecule has 0 atom stereocenters. The molecule has 1 aliphatic rings. The Hall–Kier alpha value is -2.96. The van der Waals surface area contributed by atoms with Crippen LogP contribution in [-0.4, -0.2) is 47.5 Å². The molecule has 0 spiro atoms. The molecule has 1 aliphatic heterocycles. The number of halogens is 3. The van der Waals surface area contributed by atoms with Crippen LogP contribution < -0.4 is 4.74 Å². The van der Waals surface area contributed by atoms with Crippen LogP contribution in [0.3, 0.4) is 0 Å². The molecule has 1 fully saturated rings. The van der Waals surface area contributed by atoms with Crippen LogP contribution in [0.5, 0.6) is 5.75 Å². The molecule has 0 N–H and O–H groups in total. The first-order valence-electron chi connectivity index (χ1n) is 11.2. The van der Waals surface area contributed by atoms with Crippen molar-refractivity contribution >= 4 is 17.5 Å². The lowest BCUT2D eigenvalue weighted by Crippen LogP contribution is -2.56. The highest BCUT2D eigenvalue weighted by Crippen LogP contribution is 2.31. The number of carbonyl (C=O) groups excluding carboxylic acids is 1. The van der Waals surface area contributed by atoms with Crippen molar-refractivity contribution in [1.29, 1.82) is 0 Å². The van der Waals surface area contributed by atoms with E-state index in [2.05, 4.69) is 4.90 Å². The molecule has 0 saturated carbocycles. The molecule has 3 aromatic rings. The first-order chi connectivity index (χ1) is 16.2. The Morgan fingerprint density at radius 2 is 1.29 bits per heavy atom. The predicted molar refractivity (Wildman–Crippen MR) is 129 cm³/mol. The monoisotopic (exact) mass is 484 g/mol. The minimum absolute atomic E-state index is 0.0952. The van der Waals surface area contributed by atoms with E-state index in [0.29, 0.717) is 37.0 Å². The summed E-state index contributed by atoms with van der Waals surface area (Å²) in [4.78, 5) is 17.3. The van der Waals surface area contributed by atoms with Gasteiger partial charge < -0.3 is 9.64 Å². The van der Waals surface area contributed by atoms with Crippen molar-refractivity contribution in [3.05, 3.63) is 101 Å². The zero-order chi connectivity index (χ0) is 24.3. The lowest BCUT2D eigenvalue weighted by atomic mass is 9.96. The third kappa shape index (κ3) is 5.57. The van der Waals surface area contributed by atoms with E-state index in [0.717, 1.165) is 11.1 Å². The summed E-state index contributed by atoms with van der Waals surface area (Å²) in [6, 6.07) is 19.5. The van der Waals surface area contributed by atoms with Crippen LogP contribution in [0.25, 0.3) is 0 Å². The molecular weight excluding hydrogens is 458 g/mol. The maximum absolute atomic E-state index is 13.5. The molecule has 0 unspecified atom stereocenters. The standard InChI is InChI=1S/C27H27ClF2N2O2/c1-27(2,34-24-13-7-21(28)8-14-24)26(33)32-17-15-31(16-18-32)25(19-3-9-22(29)10-4-19)20-5-11-23(30)12-6-20/h3-14,25H,15-18H2,1-2H3. The van der Waals surface area contributed by atoms with Gasteiger partial charge in [0.1, 0.15) is 17.4 Å². The summed E-state index contributed by atoms with van der Waals surface area (Å²) < 4.78 is 33.1. The lowest BCUT2D eigenvalue weighted by molar-refractivity contribution is -0.147. The summed E-state index contributed by atoms with van der Waals surface area (Å²) in [5.41, 5.74) is 0.793. The first-order valence-corrected chi connectivity index (χ1v) is 11.6. The Bertz CT molecular complexity index is 1070. The van der Waals surface area contributed by atoms with E-state index >= 15 is 0 Å². The number of benzene rings is 3. The zero-order valence-electron chi connectivity index (χ0n) is 19.2. The summed E-state index contributed by atoms with van der Waals surface area (Å²) in [5, 5.41) is 0.601. The summed E-state index contributed by atoms with van der Waals surface area (Å²) in [7, 11) is 0. The summed E-state index contributed by atoms with van der Waals surface area (Å²) in [6.45, 7) is 5.78. The molecule has 0 radical (unpaired) electrons. The van der Waals surface area contributed by atoms with Crippen LogP contribution >= 0.6 is 11.6 Å². The predicted octanol–water partition coefficient (Wildman–Crippen LogP) is 5.71. The second-order valence-corrected chi connectivity index (χ2v) is 9.34. The van der Waals surface area contributed by atoms with Gasteiger partial charge in [0.25, 0.3) is 5.91 Å². The Morgan fingerprint density at radius 1 is 0.824 bits per heavy atom. The van der Waals surface area contributed by atoms with Gasteiger partial charge in [0.15, 0.2) is 5.60 Å². The second-order valence-electron chi connectivity index (χ2n) is 8.90. The molecule has 0 bridgehead atoms. The minimum atomic E-state index is -1.04. The molecule has 0 aliphatic carbocycles. The van der Waals surface area contributed by atoms with Gasteiger partial charge in [-0.05, 0) is 73.5 Å². The molecule has 3 aromatic carbocycles. The number of hydrogen-bond donors (Lipinski definition) is 0. The molecule has 0 aromatic heterocycles. The van der Waals surface area contributed by atoms with Gasteiger partial charge in [-0.25, -0.2) is 8.78 Å². The number of rotatable bonds is 6. The van der Waals surface area contributed by atoms with Crippen molar-refractivity contribution in [3.8, 4) is 5.75 Å². The maximum atomic E-state index is 13.5. The minimum Gasteiger partial charge on any atom is -0.478 e. The molecule has 178 valence electrons. The van der Waals surface area contributed by atoms with E-state index in [1.807, 2.05) is 0 Å². The molecule has 34 heavy (non-hydrogen) atoms. The lowest BCUT2D eigenvalue weighted by Gasteiger charge is -2.41. The van der Waals surface area contributed by atoms with Gasteiger partial charge in [-0.15, -0.1) is 0 Å². The van der Waals surface area contributed by atoms with Crippen LogP contribution in [0.4, 0.5) is 8.78 Å². The summed E-state index contributed by atoms with van der Waals surface area (Å²) >= 11 is 5.94. The van der Waals surface area contributed by atoms with Crippen molar-refractivity contribution in [3.63, 3.8) is 0 Å². The number of ether oxygens (including phenoxy) is 1. The van der Waals surface area contributed by atoms with Gasteiger partial charge in [-0.1, -0.05) is 35.9 Å². The van der Waals surface area contributed by atoms with Gasteiger partial charge in [0.2, 0.25) is 0 Å². The summed E-state index contributed by atoms with van der Waals surface area (Å²) in [6.07, 6.45) is 0. The van der Waals surface area contributed by atoms with E-state index in [1.165, 1.54) is 24.3 Å². The zero-order valence-corrected chi connectivity index (χ0v) is 19.9. The Balaban J connectivity index is 1.47. The average molecular weight is 485 g/mol. The van der Waals surface area contributed by atoms with Crippen LogP contribution in [0.2, 0.25) is 5.02 Å². The number of nitrogens with zero attached hydrogens (tertiary/aromatic N) is 2. The van der Waals surface area contributed by atoms with Crippen LogP contribution in [0.1, 0.15) is 31.0 Å². The fourth-order valence-electron chi connectivity index (χ4n) is 4.31. The van der Waals surface area contributed by atoms with Crippen molar-refractivity contribution < 1.29 is 18.3 Å². The van der Waals surface area contributed by atoms with Crippen LogP contribution in [-0.2, 0) is 4.79 Å². The molecule has 7 heteroatoms. The fraction of sp³-hybridized carbons (Fsp3) is 0.296. The third-order valence-corrected chi connectivity index (χ3v) is 6.29. The van der Waals surface area contributed by atoms with Crippen LogP contribution in [0.15, 0.2) is 72.8 Å². The smallest absolute Gasteiger partial charge is 0.266 e. The topological polar surface area (TPSA) is 32.8 Å². The molecule has 1 saturated heterocycles. The molecule has 4 nitrogen and oxygen atoms in total. The Kier molecular flexibility index (Phi) is 7.19. The van der Waals surface area contributed by atoms with E-state index in [4.69, 9.17) is 16.3 Å². The number of amides is 1. The largest absolute Gasteiger partial charge is 0.478 e. The third-order valence-electron chi connectivity index (χ3n) is 6.04. The Morgan fingerprint density at radius 3 is 1.76 bits per heavy atom. The highest BCUT2D eigenvalue weighted by Gasteiger charge is 2.37. The van der Waals surface area contributed by atoms with E-state index in [9.17, 15) is 13.6 Å². The normalized spacial score (nSPS) is 14.9. The number of hydrogen-bond acceptors (Lipinski definition) is 3. The van der Waals surface area contributed by atoms with Gasteiger partial charge in [0, 0.05) is 31.2 Å². The van der Waals surface area contributed by atoms with Gasteiger partial charge in [-0.2, -0.15) is 0 Å². The highest BCUT2D eigenvalue weighted by molar-refractivity contribution is 6.30. The molecule has 1 amide bonds. The summed E-state index contributed by atoms with van der Waals surface area (Å²) in [5.74, 6) is -0.129. The van der Waals surface area contributed by atoms with Gasteiger partial charge in [-0.3, -0.25) is 9.69 Å². The number of carbonyl (C=O) groups is 1. The second kappa shape index (κ2) is 10.1. The number of piperazine rings is 1. The quantitative estimate of drug-likeness (QED) is 0.449. The van der Waals surface area contributed by atoms with E-state index < -0.39 is 5.60 Å². The van der Waals surface area contributed by atoms with Crippen molar-refractivity contribution in [2.45, 2.75) is 25.5 Å². The SMILES string of the molecule is CC(C)(Oc1ccc(Cl)cc1)C(=O)N1CCN(C(c2ccc(F)cc2)c2ccc(F)cc2)CC1. The van der Waals surface area contributed by atoms with E-state index in [1.54, 1.807) is 67.3 Å². The van der Waals surface area contributed by atoms with Crippen molar-refractivity contribution in [1.82, 2.24) is 9.80 Å². The maximum Gasteiger partial charge on any atom is 0.266 e. The average Bonchev–Trinajstić information content (AvgIpc) is 2.83. The Labute approximate surface area is 203 Å². The molecule has 1 heterocycles. The fourth-order valence-corrected chi connectivity index (χ4v) is 4.44. The molecule has 4 rings (SSSR count). The highest BCUT2D eigenvalue weighted by atomic mass is 35.5. The van der Waals surface area contributed by atoms with Gasteiger partial charge >= 0.3 is 0 Å². The molecular formula is C27H27ClF2N2O2.